The first kappa shape index (κ1) is 21.3. The van der Waals surface area contributed by atoms with Crippen LogP contribution in [0.1, 0.15) is 21.5 Å². The van der Waals surface area contributed by atoms with Crippen LogP contribution < -0.4 is 10.0 Å². The first-order valence-electron chi connectivity index (χ1n) is 9.77. The predicted molar refractivity (Wildman–Crippen MR) is 119 cm³/mol. The number of carbonyl (C=O) groups is 1. The van der Waals surface area contributed by atoms with Gasteiger partial charge in [-0.05, 0) is 36.8 Å². The summed E-state index contributed by atoms with van der Waals surface area (Å²) in [6, 6.07) is 20.8. The van der Waals surface area contributed by atoms with Crippen molar-refractivity contribution in [2.45, 2.75) is 18.4 Å². The first-order chi connectivity index (χ1) is 15.4. The van der Waals surface area contributed by atoms with E-state index in [9.17, 15) is 13.2 Å². The average molecular weight is 449 g/mol. The third-order valence-electron chi connectivity index (χ3n) is 4.68. The van der Waals surface area contributed by atoms with Crippen molar-refractivity contribution in [2.75, 3.05) is 4.72 Å². The minimum atomic E-state index is -4.01. The second-order valence-corrected chi connectivity index (χ2v) is 8.72. The van der Waals surface area contributed by atoms with Crippen molar-refractivity contribution < 1.29 is 17.7 Å². The molecular formula is C23H20N4O4S. The number of pyridine rings is 1. The Balaban J connectivity index is 1.68. The van der Waals surface area contributed by atoms with E-state index in [4.69, 9.17) is 4.52 Å². The van der Waals surface area contributed by atoms with E-state index in [0.717, 1.165) is 11.1 Å². The molecule has 0 aliphatic carbocycles. The Kier molecular flexibility index (Phi) is 6.00. The van der Waals surface area contributed by atoms with Gasteiger partial charge in [-0.1, -0.05) is 59.3 Å². The van der Waals surface area contributed by atoms with Crippen LogP contribution >= 0.6 is 0 Å². The summed E-state index contributed by atoms with van der Waals surface area (Å²) in [5.41, 5.74) is 2.27. The number of aryl methyl sites for hydroxylation is 1. The third kappa shape index (κ3) is 4.68. The molecule has 0 saturated heterocycles. The molecule has 1 amide bonds. The van der Waals surface area contributed by atoms with E-state index < -0.39 is 15.9 Å². The van der Waals surface area contributed by atoms with Crippen LogP contribution in [0.3, 0.4) is 0 Å². The molecule has 0 fully saturated rings. The number of hydrogen-bond acceptors (Lipinski definition) is 6. The highest BCUT2D eigenvalue weighted by molar-refractivity contribution is 7.92. The molecule has 2 aromatic heterocycles. The Bertz CT molecular complexity index is 1320. The lowest BCUT2D eigenvalue weighted by molar-refractivity contribution is 0.0952. The molecule has 0 radical (unpaired) electrons. The number of hydrogen-bond donors (Lipinski definition) is 2. The number of sulfonamides is 1. The zero-order valence-corrected chi connectivity index (χ0v) is 18.0. The summed E-state index contributed by atoms with van der Waals surface area (Å²) in [7, 11) is -4.01. The van der Waals surface area contributed by atoms with Gasteiger partial charge in [0.15, 0.2) is 0 Å². The van der Waals surface area contributed by atoms with Crippen molar-refractivity contribution in [1.82, 2.24) is 15.5 Å². The standard InChI is InChI=1S/C23H20N4O4S/c1-16-10-12-18(13-11-16)32(29,30)27-23-20(21(26-31-23)19-9-5-6-14-24-19)22(28)25-15-17-7-3-2-4-8-17/h2-14,27H,15H2,1H3,(H,25,28). The molecule has 0 spiro atoms. The maximum atomic E-state index is 13.1. The van der Waals surface area contributed by atoms with Crippen molar-refractivity contribution in [3.05, 3.63) is 95.7 Å². The normalized spacial score (nSPS) is 11.2. The molecule has 9 heteroatoms. The number of aromatic nitrogens is 2. The molecule has 8 nitrogen and oxygen atoms in total. The summed E-state index contributed by atoms with van der Waals surface area (Å²) in [4.78, 5) is 17.3. The molecule has 2 aromatic carbocycles. The molecule has 0 atom stereocenters. The van der Waals surface area contributed by atoms with Gasteiger partial charge in [-0.2, -0.15) is 0 Å². The first-order valence-corrected chi connectivity index (χ1v) is 11.2. The minimum Gasteiger partial charge on any atom is -0.348 e. The number of nitrogens with zero attached hydrogens (tertiary/aromatic N) is 2. The van der Waals surface area contributed by atoms with Crippen molar-refractivity contribution in [1.29, 1.82) is 0 Å². The molecule has 0 saturated carbocycles. The molecule has 4 rings (SSSR count). The second-order valence-electron chi connectivity index (χ2n) is 7.04. The van der Waals surface area contributed by atoms with Gasteiger partial charge in [0.05, 0.1) is 10.6 Å². The summed E-state index contributed by atoms with van der Waals surface area (Å²) in [5, 5.41) is 6.71. The Hall–Kier alpha value is -3.98. The topological polar surface area (TPSA) is 114 Å². The fourth-order valence-corrected chi connectivity index (χ4v) is 4.01. The smallest absolute Gasteiger partial charge is 0.264 e. The van der Waals surface area contributed by atoms with Crippen LogP contribution in [0, 0.1) is 6.92 Å². The Labute approximate surface area is 185 Å². The number of nitrogens with one attached hydrogen (secondary N) is 2. The van der Waals surface area contributed by atoms with Gasteiger partial charge in [0.2, 0.25) is 0 Å². The monoisotopic (exact) mass is 448 g/mol. The summed E-state index contributed by atoms with van der Waals surface area (Å²) < 4.78 is 33.3. The number of anilines is 1. The maximum Gasteiger partial charge on any atom is 0.264 e. The highest BCUT2D eigenvalue weighted by atomic mass is 32.2. The molecule has 2 heterocycles. The summed E-state index contributed by atoms with van der Waals surface area (Å²) in [6.45, 7) is 2.10. The van der Waals surface area contributed by atoms with E-state index in [-0.39, 0.29) is 28.6 Å². The fraction of sp³-hybridized carbons (Fsp3) is 0.0870. The van der Waals surface area contributed by atoms with Gasteiger partial charge in [-0.25, -0.2) is 13.1 Å². The lowest BCUT2D eigenvalue weighted by atomic mass is 10.1. The van der Waals surface area contributed by atoms with Crippen LogP contribution in [0.4, 0.5) is 5.88 Å². The summed E-state index contributed by atoms with van der Waals surface area (Å²) >= 11 is 0. The van der Waals surface area contributed by atoms with E-state index in [1.807, 2.05) is 37.3 Å². The van der Waals surface area contributed by atoms with E-state index in [2.05, 4.69) is 20.2 Å². The highest BCUT2D eigenvalue weighted by Crippen LogP contribution is 2.29. The van der Waals surface area contributed by atoms with E-state index in [1.54, 1.807) is 36.5 Å². The van der Waals surface area contributed by atoms with Gasteiger partial charge >= 0.3 is 0 Å². The van der Waals surface area contributed by atoms with E-state index >= 15 is 0 Å². The zero-order chi connectivity index (χ0) is 22.6. The fourth-order valence-electron chi connectivity index (χ4n) is 3.01. The van der Waals surface area contributed by atoms with Gasteiger partial charge in [0, 0.05) is 12.7 Å². The summed E-state index contributed by atoms with van der Waals surface area (Å²) in [6.07, 6.45) is 1.55. The van der Waals surface area contributed by atoms with Gasteiger partial charge in [-0.15, -0.1) is 0 Å². The Morgan fingerprint density at radius 1 is 0.969 bits per heavy atom. The molecule has 4 aromatic rings. The molecule has 2 N–H and O–H groups in total. The van der Waals surface area contributed by atoms with Crippen molar-refractivity contribution in [3.63, 3.8) is 0 Å². The Morgan fingerprint density at radius 3 is 2.38 bits per heavy atom. The quantitative estimate of drug-likeness (QED) is 0.445. The SMILES string of the molecule is Cc1ccc(S(=O)(=O)Nc2onc(-c3ccccn3)c2C(=O)NCc2ccccc2)cc1. The molecule has 0 unspecified atom stereocenters. The van der Waals surface area contributed by atoms with Gasteiger partial charge in [-0.3, -0.25) is 9.78 Å². The van der Waals surface area contributed by atoms with Gasteiger partial charge < -0.3 is 9.84 Å². The van der Waals surface area contributed by atoms with Gasteiger partial charge in [0.1, 0.15) is 11.3 Å². The van der Waals surface area contributed by atoms with Crippen molar-refractivity contribution in [3.8, 4) is 11.4 Å². The van der Waals surface area contributed by atoms with E-state index in [0.29, 0.717) is 5.69 Å². The van der Waals surface area contributed by atoms with E-state index in [1.165, 1.54) is 12.1 Å². The zero-order valence-electron chi connectivity index (χ0n) is 17.1. The molecule has 162 valence electrons. The number of carbonyl (C=O) groups excluding carboxylic acids is 1. The lowest BCUT2D eigenvalue weighted by Crippen LogP contribution is -2.25. The van der Waals surface area contributed by atoms with Gasteiger partial charge in [0.25, 0.3) is 21.8 Å². The maximum absolute atomic E-state index is 13.1. The molecule has 0 aliphatic rings. The highest BCUT2D eigenvalue weighted by Gasteiger charge is 2.28. The predicted octanol–water partition coefficient (Wildman–Crippen LogP) is 3.78. The Morgan fingerprint density at radius 2 is 1.69 bits per heavy atom. The largest absolute Gasteiger partial charge is 0.348 e. The van der Waals surface area contributed by atoms with Crippen LogP contribution in [0.15, 0.2) is 88.4 Å². The number of amides is 1. The minimum absolute atomic E-state index is 0.0366. The summed E-state index contributed by atoms with van der Waals surface area (Å²) in [5.74, 6) is -0.825. The van der Waals surface area contributed by atoms with Crippen LogP contribution in [0.5, 0.6) is 0 Å². The molecular weight excluding hydrogens is 428 g/mol. The molecule has 32 heavy (non-hydrogen) atoms. The number of rotatable bonds is 7. The van der Waals surface area contributed by atoms with Crippen LogP contribution in [-0.4, -0.2) is 24.5 Å². The van der Waals surface area contributed by atoms with Crippen molar-refractivity contribution >= 4 is 21.8 Å². The number of benzene rings is 2. The third-order valence-corrected chi connectivity index (χ3v) is 6.03. The second kappa shape index (κ2) is 9.03. The van der Waals surface area contributed by atoms with Crippen LogP contribution in [0.2, 0.25) is 0 Å². The van der Waals surface area contributed by atoms with Crippen molar-refractivity contribution in [2.24, 2.45) is 0 Å². The van der Waals surface area contributed by atoms with Crippen LogP contribution in [0.25, 0.3) is 11.4 Å². The average Bonchev–Trinajstić information content (AvgIpc) is 3.22. The molecule has 0 aliphatic heterocycles. The molecule has 0 bridgehead atoms. The lowest BCUT2D eigenvalue weighted by Gasteiger charge is -2.09. The van der Waals surface area contributed by atoms with Crippen LogP contribution in [-0.2, 0) is 16.6 Å².